The molecule has 0 aliphatic carbocycles. The maximum atomic E-state index is 9.76. The average Bonchev–Trinajstić information content (AvgIpc) is 1.65. The van der Waals surface area contributed by atoms with Crippen molar-refractivity contribution in [3.63, 3.8) is 0 Å². The first-order valence-electron chi connectivity index (χ1n) is 1.29. The van der Waals surface area contributed by atoms with Gasteiger partial charge in [-0.2, -0.15) is 0 Å². The van der Waals surface area contributed by atoms with E-state index in [1.165, 1.54) is 0 Å². The molecule has 0 saturated carbocycles. The first kappa shape index (κ1) is 10.4. The zero-order valence-electron chi connectivity index (χ0n) is 3.50. The molecule has 0 amide bonds. The van der Waals surface area contributed by atoms with Gasteiger partial charge < -0.3 is 4.18 Å². The van der Waals surface area contributed by atoms with Crippen LogP contribution in [0.3, 0.4) is 0 Å². The third kappa shape index (κ3) is 6.44. The molecule has 3 radical (unpaired) electrons. The van der Waals surface area contributed by atoms with Crippen LogP contribution in [0.1, 0.15) is 0 Å². The Balaban J connectivity index is 0. The topological polar surface area (TPSA) is 26.3 Å². The maximum Gasteiger partial charge on any atom is 0.341 e. The van der Waals surface area contributed by atoms with Gasteiger partial charge in [-0.15, -0.1) is 0 Å². The monoisotopic (exact) mass is 313 g/mol. The van der Waals surface area contributed by atoms with E-state index < -0.39 is 5.97 Å². The van der Waals surface area contributed by atoms with E-state index in [0.29, 0.717) is 0 Å². The van der Waals surface area contributed by atoms with Crippen molar-refractivity contribution in [2.75, 3.05) is 0 Å². The Bertz CT molecular complexity index is 73.3. The summed E-state index contributed by atoms with van der Waals surface area (Å²) in [5, 5.41) is 0. The summed E-state index contributed by atoms with van der Waals surface area (Å²) in [5.74, 6) is -0.529. The fourth-order valence-corrected chi connectivity index (χ4v) is 0.112. The van der Waals surface area contributed by atoms with Gasteiger partial charge in [-0.05, 0) is 0 Å². The van der Waals surface area contributed by atoms with Gasteiger partial charge in [0.05, 0.1) is 0 Å². The van der Waals surface area contributed by atoms with E-state index >= 15 is 0 Å². The van der Waals surface area contributed by atoms with Gasteiger partial charge in [0.1, 0.15) is 0 Å². The van der Waals surface area contributed by atoms with Crippen molar-refractivity contribution in [3.05, 3.63) is 12.7 Å². The molecule has 0 aromatic rings. The number of rotatable bonds is 1. The average molecular weight is 313 g/mol. The summed E-state index contributed by atoms with van der Waals surface area (Å²) >= 11 is 3.17. The van der Waals surface area contributed by atoms with Crippen molar-refractivity contribution in [1.82, 2.24) is 0 Å². The van der Waals surface area contributed by atoms with E-state index in [9.17, 15) is 4.79 Å². The van der Waals surface area contributed by atoms with Gasteiger partial charge in [0.25, 0.3) is 0 Å². The Labute approximate surface area is 66.7 Å². The second-order valence-electron chi connectivity index (χ2n) is 0.614. The minimum absolute atomic E-state index is 0. The molecule has 0 rings (SSSR count). The fourth-order valence-electron chi connectivity index (χ4n) is 0.0373. The molecule has 7 heavy (non-hydrogen) atoms. The summed E-state index contributed by atoms with van der Waals surface area (Å²) in [5.41, 5.74) is 0. The van der Waals surface area contributed by atoms with E-state index in [1.54, 1.807) is 0 Å². The van der Waals surface area contributed by atoms with Gasteiger partial charge in [0, 0.05) is 45.2 Å². The molecule has 0 aliphatic rings. The predicted molar refractivity (Wildman–Crippen MR) is 31.0 cm³/mol. The Morgan fingerprint density at radius 3 is 2.29 bits per heavy atom. The standard InChI is InChI=1S/C3H4O2S.Bi/c1-2-3(4)5-6;/h2,6H,1H2;. The van der Waals surface area contributed by atoms with Crippen molar-refractivity contribution in [3.8, 4) is 0 Å². The molecule has 0 aliphatic heterocycles. The van der Waals surface area contributed by atoms with Gasteiger partial charge in [-0.25, -0.2) is 4.79 Å². The summed E-state index contributed by atoms with van der Waals surface area (Å²) in [6, 6.07) is 0. The largest absolute Gasteiger partial charge is 0.391 e. The Morgan fingerprint density at radius 2 is 2.29 bits per heavy atom. The molecule has 0 heterocycles. The van der Waals surface area contributed by atoms with Gasteiger partial charge >= 0.3 is 5.97 Å². The number of hydrogen-bond acceptors (Lipinski definition) is 3. The Hall–Kier alpha value is 0.443. The molecule has 0 bridgehead atoms. The second-order valence-corrected chi connectivity index (χ2v) is 0.797. The minimum Gasteiger partial charge on any atom is -0.391 e. The van der Waals surface area contributed by atoms with E-state index in [0.717, 1.165) is 6.08 Å². The third-order valence-corrected chi connectivity index (χ3v) is 0.437. The molecule has 0 spiro atoms. The SMILES string of the molecule is C=CC(=O)OS.[Bi]. The zero-order valence-corrected chi connectivity index (χ0v) is 7.87. The van der Waals surface area contributed by atoms with E-state index in [1.807, 2.05) is 0 Å². The smallest absolute Gasteiger partial charge is 0.341 e. The van der Waals surface area contributed by atoms with Gasteiger partial charge in [0.15, 0.2) is 0 Å². The summed E-state index contributed by atoms with van der Waals surface area (Å²) in [6.07, 6.45) is 1.03. The van der Waals surface area contributed by atoms with Crippen LogP contribution in [-0.2, 0) is 8.98 Å². The van der Waals surface area contributed by atoms with E-state index in [-0.39, 0.29) is 26.2 Å². The summed E-state index contributed by atoms with van der Waals surface area (Å²) in [4.78, 5) is 9.76. The molecule has 0 aromatic carbocycles. The van der Waals surface area contributed by atoms with Gasteiger partial charge in [-0.1, -0.05) is 6.58 Å². The molecule has 39 valence electrons. The van der Waals surface area contributed by atoms with E-state index in [4.69, 9.17) is 0 Å². The Kier molecular flexibility index (Phi) is 9.60. The maximum absolute atomic E-state index is 9.76. The number of hydrogen-bond donors (Lipinski definition) is 1. The molecule has 0 aromatic heterocycles. The molecule has 4 heteroatoms. The van der Waals surface area contributed by atoms with Crippen LogP contribution in [-0.4, -0.2) is 32.2 Å². The number of carbonyl (C=O) groups excluding carboxylic acids is 1. The van der Waals surface area contributed by atoms with Crippen LogP contribution in [0.25, 0.3) is 0 Å². The molecular weight excluding hydrogens is 309 g/mol. The predicted octanol–water partition coefficient (Wildman–Crippen LogP) is 0.180. The van der Waals surface area contributed by atoms with Crippen LogP contribution in [0.15, 0.2) is 12.7 Å². The Morgan fingerprint density at radius 1 is 1.86 bits per heavy atom. The molecule has 0 N–H and O–H groups in total. The van der Waals surface area contributed by atoms with Crippen molar-refractivity contribution in [2.45, 2.75) is 0 Å². The molecule has 0 saturated heterocycles. The summed E-state index contributed by atoms with van der Waals surface area (Å²) in [6.45, 7) is 3.11. The number of thiol groups is 1. The van der Waals surface area contributed by atoms with Crippen LogP contribution in [0.5, 0.6) is 0 Å². The normalized spacial score (nSPS) is 5.86. The van der Waals surface area contributed by atoms with Crippen LogP contribution in [0.4, 0.5) is 0 Å². The minimum atomic E-state index is -0.529. The third-order valence-electron chi connectivity index (χ3n) is 0.257. The van der Waals surface area contributed by atoms with E-state index in [2.05, 4.69) is 23.7 Å². The number of carbonyl (C=O) groups is 1. The molecular formula is C3H4BiO2S. The van der Waals surface area contributed by atoms with Crippen molar-refractivity contribution in [2.24, 2.45) is 0 Å². The summed E-state index contributed by atoms with van der Waals surface area (Å²) in [7, 11) is 0. The quantitative estimate of drug-likeness (QED) is 0.324. The van der Waals surface area contributed by atoms with Crippen LogP contribution in [0, 0.1) is 0 Å². The van der Waals surface area contributed by atoms with Crippen molar-refractivity contribution in [1.29, 1.82) is 0 Å². The molecule has 0 unspecified atom stereocenters. The van der Waals surface area contributed by atoms with Crippen LogP contribution >= 0.6 is 12.9 Å². The summed E-state index contributed by atoms with van der Waals surface area (Å²) < 4.78 is 3.84. The van der Waals surface area contributed by atoms with Crippen molar-refractivity contribution >= 4 is 45.1 Å². The van der Waals surface area contributed by atoms with Gasteiger partial charge in [0.2, 0.25) is 0 Å². The van der Waals surface area contributed by atoms with Crippen LogP contribution in [0.2, 0.25) is 0 Å². The van der Waals surface area contributed by atoms with Gasteiger partial charge in [-0.3, -0.25) is 0 Å². The molecule has 2 nitrogen and oxygen atoms in total. The van der Waals surface area contributed by atoms with Crippen molar-refractivity contribution < 1.29 is 8.98 Å². The zero-order chi connectivity index (χ0) is 4.99. The van der Waals surface area contributed by atoms with Crippen LogP contribution < -0.4 is 0 Å². The second kappa shape index (κ2) is 6.44. The molecule has 0 atom stereocenters. The fraction of sp³-hybridized carbons (Fsp3) is 0. The molecule has 0 fully saturated rings. The first-order valence-corrected chi connectivity index (χ1v) is 1.65. The first-order chi connectivity index (χ1) is 2.81.